The van der Waals surface area contributed by atoms with Crippen molar-refractivity contribution in [2.75, 3.05) is 11.0 Å². The maximum Gasteiger partial charge on any atom is 0.229 e. The van der Waals surface area contributed by atoms with E-state index in [1.54, 1.807) is 12.1 Å². The molecule has 4 heteroatoms. The van der Waals surface area contributed by atoms with Crippen LogP contribution in [0.15, 0.2) is 66.7 Å². The molecule has 3 nitrogen and oxygen atoms in total. The largest absolute Gasteiger partial charge is 0.284 e. The van der Waals surface area contributed by atoms with Crippen molar-refractivity contribution in [2.24, 2.45) is 0 Å². The molecule has 3 aromatic rings. The van der Waals surface area contributed by atoms with E-state index in [1.807, 2.05) is 12.1 Å². The molecule has 0 saturated heterocycles. The smallest absolute Gasteiger partial charge is 0.229 e. The molecule has 0 amide bonds. The lowest BCUT2D eigenvalue weighted by Crippen LogP contribution is -2.09. The summed E-state index contributed by atoms with van der Waals surface area (Å²) in [5.41, 5.74) is 9.37. The molecule has 0 aromatic heterocycles. The van der Waals surface area contributed by atoms with Crippen molar-refractivity contribution < 1.29 is 8.42 Å². The van der Waals surface area contributed by atoms with Gasteiger partial charge in [0.15, 0.2) is 0 Å². The Morgan fingerprint density at radius 2 is 1.54 bits per heavy atom. The maximum absolute atomic E-state index is 11.4. The third-order valence-corrected chi connectivity index (χ3v) is 5.65. The molecule has 0 heterocycles. The van der Waals surface area contributed by atoms with E-state index in [0.717, 1.165) is 24.7 Å². The Hall–Kier alpha value is -2.85. The number of nitrogens with one attached hydrogen (secondary N) is 1. The molecule has 0 fully saturated rings. The zero-order chi connectivity index (χ0) is 19.7. The summed E-state index contributed by atoms with van der Waals surface area (Å²) in [5, 5.41) is 0. The molecule has 1 N–H and O–H groups in total. The minimum absolute atomic E-state index is 0.571. The van der Waals surface area contributed by atoms with Crippen LogP contribution in [0.25, 0.3) is 11.6 Å². The number of rotatable bonds is 3. The van der Waals surface area contributed by atoms with E-state index >= 15 is 0 Å². The van der Waals surface area contributed by atoms with E-state index < -0.39 is 10.0 Å². The van der Waals surface area contributed by atoms with Gasteiger partial charge in [-0.25, -0.2) is 8.42 Å². The molecule has 142 valence electrons. The molecule has 0 radical (unpaired) electrons. The quantitative estimate of drug-likeness (QED) is 0.681. The zero-order valence-electron chi connectivity index (χ0n) is 16.1. The number of sulfonamides is 1. The Labute approximate surface area is 166 Å². The molecule has 3 aromatic carbocycles. The number of hydrogen-bond donors (Lipinski definition) is 1. The van der Waals surface area contributed by atoms with E-state index in [1.165, 1.54) is 33.4 Å². The standard InChI is InChI=1S/C24H23NO2S/c1-17-7-14-23-20(15-17)11-10-19-5-3-4-6-22(19)24(23)16-18-8-12-21(13-9-18)25-28(2,26)27/h3-9,12-16,25H,10-11H2,1-2H3/b24-16+. The SMILES string of the molecule is Cc1ccc2c(c1)CCc1ccccc1/C2=C\c1ccc(NS(C)(=O)=O)cc1. The average molecular weight is 390 g/mol. The van der Waals surface area contributed by atoms with Gasteiger partial charge in [-0.15, -0.1) is 0 Å². The number of benzene rings is 3. The molecular formula is C24H23NO2S. The van der Waals surface area contributed by atoms with Crippen LogP contribution in [-0.2, 0) is 22.9 Å². The Morgan fingerprint density at radius 3 is 2.29 bits per heavy atom. The van der Waals surface area contributed by atoms with Crippen LogP contribution in [0.1, 0.15) is 33.4 Å². The van der Waals surface area contributed by atoms with Crippen molar-refractivity contribution in [1.82, 2.24) is 0 Å². The van der Waals surface area contributed by atoms with Gasteiger partial charge in [0.2, 0.25) is 10.0 Å². The predicted octanol–water partition coefficient (Wildman–Crippen LogP) is 5.05. The van der Waals surface area contributed by atoms with Crippen LogP contribution in [0.2, 0.25) is 0 Å². The van der Waals surface area contributed by atoms with Crippen molar-refractivity contribution in [2.45, 2.75) is 19.8 Å². The van der Waals surface area contributed by atoms with E-state index in [4.69, 9.17) is 0 Å². The van der Waals surface area contributed by atoms with Crippen molar-refractivity contribution in [3.8, 4) is 0 Å². The Balaban J connectivity index is 1.82. The summed E-state index contributed by atoms with van der Waals surface area (Å²) in [7, 11) is -3.27. The number of fused-ring (bicyclic) bond motifs is 2. The van der Waals surface area contributed by atoms with Crippen molar-refractivity contribution in [1.29, 1.82) is 0 Å². The van der Waals surface area contributed by atoms with Gasteiger partial charge in [-0.1, -0.05) is 60.2 Å². The molecule has 4 rings (SSSR count). The Bertz CT molecular complexity index is 1160. The van der Waals surface area contributed by atoms with Crippen molar-refractivity contribution in [3.05, 3.63) is 100 Å². The monoisotopic (exact) mass is 389 g/mol. The van der Waals surface area contributed by atoms with Gasteiger partial charge in [0.05, 0.1) is 6.26 Å². The highest BCUT2D eigenvalue weighted by Crippen LogP contribution is 2.35. The highest BCUT2D eigenvalue weighted by Gasteiger charge is 2.18. The van der Waals surface area contributed by atoms with Gasteiger partial charge in [-0.3, -0.25) is 4.72 Å². The molecule has 0 spiro atoms. The highest BCUT2D eigenvalue weighted by molar-refractivity contribution is 7.92. The molecule has 28 heavy (non-hydrogen) atoms. The summed E-state index contributed by atoms with van der Waals surface area (Å²) in [6.07, 6.45) is 5.41. The summed E-state index contributed by atoms with van der Waals surface area (Å²) >= 11 is 0. The minimum Gasteiger partial charge on any atom is -0.284 e. The third kappa shape index (κ3) is 4.02. The minimum atomic E-state index is -3.27. The molecule has 0 bridgehead atoms. The first kappa shape index (κ1) is 18.5. The lowest BCUT2D eigenvalue weighted by Gasteiger charge is -2.13. The maximum atomic E-state index is 11.4. The first-order chi connectivity index (χ1) is 13.4. The van der Waals surface area contributed by atoms with Gasteiger partial charge in [0.1, 0.15) is 0 Å². The molecule has 0 unspecified atom stereocenters. The van der Waals surface area contributed by atoms with Crippen LogP contribution in [0.3, 0.4) is 0 Å². The first-order valence-corrected chi connectivity index (χ1v) is 11.3. The summed E-state index contributed by atoms with van der Waals surface area (Å²) < 4.78 is 25.4. The van der Waals surface area contributed by atoms with Crippen LogP contribution in [0.5, 0.6) is 0 Å². The molecular weight excluding hydrogens is 366 g/mol. The number of aryl methyl sites for hydroxylation is 3. The third-order valence-electron chi connectivity index (χ3n) is 5.05. The number of hydrogen-bond acceptors (Lipinski definition) is 2. The predicted molar refractivity (Wildman–Crippen MR) is 117 cm³/mol. The molecule has 1 aliphatic carbocycles. The summed E-state index contributed by atoms with van der Waals surface area (Å²) in [4.78, 5) is 0. The van der Waals surface area contributed by atoms with Gasteiger partial charge in [0.25, 0.3) is 0 Å². The second-order valence-corrected chi connectivity index (χ2v) is 9.12. The molecule has 0 atom stereocenters. The fourth-order valence-electron chi connectivity index (χ4n) is 3.79. The molecule has 0 aliphatic heterocycles. The van der Waals surface area contributed by atoms with Crippen LogP contribution in [0.4, 0.5) is 5.69 Å². The van der Waals surface area contributed by atoms with Crippen LogP contribution in [-0.4, -0.2) is 14.7 Å². The second kappa shape index (κ2) is 7.28. The first-order valence-electron chi connectivity index (χ1n) is 9.37. The average Bonchev–Trinajstić information content (AvgIpc) is 2.79. The summed E-state index contributed by atoms with van der Waals surface area (Å²) in [6, 6.07) is 22.7. The van der Waals surface area contributed by atoms with Crippen molar-refractivity contribution >= 4 is 27.4 Å². The fraction of sp³-hybridized carbons (Fsp3) is 0.167. The lowest BCUT2D eigenvalue weighted by molar-refractivity contribution is 0.607. The summed E-state index contributed by atoms with van der Waals surface area (Å²) in [6.45, 7) is 2.13. The van der Waals surface area contributed by atoms with Crippen LogP contribution < -0.4 is 4.72 Å². The van der Waals surface area contributed by atoms with E-state index in [-0.39, 0.29) is 0 Å². The zero-order valence-corrected chi connectivity index (χ0v) is 16.9. The van der Waals surface area contributed by atoms with Crippen LogP contribution in [0, 0.1) is 6.92 Å². The number of anilines is 1. The van der Waals surface area contributed by atoms with E-state index in [2.05, 4.69) is 60.2 Å². The fourth-order valence-corrected chi connectivity index (χ4v) is 4.36. The topological polar surface area (TPSA) is 46.2 Å². The Morgan fingerprint density at radius 1 is 0.857 bits per heavy atom. The van der Waals surface area contributed by atoms with Gasteiger partial charge in [0, 0.05) is 5.69 Å². The summed E-state index contributed by atoms with van der Waals surface area (Å²) in [5.74, 6) is 0. The normalized spacial score (nSPS) is 14.9. The van der Waals surface area contributed by atoms with Crippen LogP contribution >= 0.6 is 0 Å². The Kier molecular flexibility index (Phi) is 4.82. The molecule has 0 saturated carbocycles. The lowest BCUT2D eigenvalue weighted by atomic mass is 9.91. The van der Waals surface area contributed by atoms with E-state index in [9.17, 15) is 8.42 Å². The van der Waals surface area contributed by atoms with Gasteiger partial charge in [-0.05, 0) is 71.4 Å². The van der Waals surface area contributed by atoms with Crippen molar-refractivity contribution in [3.63, 3.8) is 0 Å². The van der Waals surface area contributed by atoms with Gasteiger partial charge >= 0.3 is 0 Å². The van der Waals surface area contributed by atoms with Gasteiger partial charge < -0.3 is 0 Å². The van der Waals surface area contributed by atoms with E-state index in [0.29, 0.717) is 5.69 Å². The molecule has 1 aliphatic rings. The highest BCUT2D eigenvalue weighted by atomic mass is 32.2. The van der Waals surface area contributed by atoms with Gasteiger partial charge in [-0.2, -0.15) is 0 Å². The second-order valence-electron chi connectivity index (χ2n) is 7.37.